The minimum Gasteiger partial charge on any atom is -0.497 e. The molecular formula is C16H19NO3. The van der Waals surface area contributed by atoms with Crippen LogP contribution in [0.15, 0.2) is 18.2 Å². The van der Waals surface area contributed by atoms with Gasteiger partial charge in [-0.05, 0) is 55.1 Å². The molecule has 4 rings (SSSR count). The first-order chi connectivity index (χ1) is 9.69. The lowest BCUT2D eigenvalue weighted by atomic mass is 10.0. The van der Waals surface area contributed by atoms with E-state index in [1.54, 1.807) is 25.3 Å². The summed E-state index contributed by atoms with van der Waals surface area (Å²) < 4.78 is 5.21. The summed E-state index contributed by atoms with van der Waals surface area (Å²) in [6.07, 6.45) is 4.14. The Morgan fingerprint density at radius 2 is 2.00 bits per heavy atom. The maximum absolute atomic E-state index is 11.3. The number of methoxy groups -OCH3 is 1. The Kier molecular flexibility index (Phi) is 2.50. The first kappa shape index (κ1) is 12.1. The van der Waals surface area contributed by atoms with Crippen LogP contribution in [0.4, 0.5) is 5.69 Å². The molecule has 0 radical (unpaired) electrons. The van der Waals surface area contributed by atoms with Gasteiger partial charge in [0.2, 0.25) is 0 Å². The lowest BCUT2D eigenvalue weighted by Crippen LogP contribution is -2.15. The average molecular weight is 273 g/mol. The fourth-order valence-electron chi connectivity index (χ4n) is 4.65. The molecule has 4 heteroatoms. The highest BCUT2D eigenvalue weighted by Crippen LogP contribution is 2.66. The number of rotatable bonds is 4. The quantitative estimate of drug-likeness (QED) is 0.885. The van der Waals surface area contributed by atoms with Crippen LogP contribution in [0.5, 0.6) is 5.75 Å². The molecule has 4 atom stereocenters. The molecule has 1 aromatic rings. The molecule has 1 aromatic carbocycles. The maximum Gasteiger partial charge on any atom is 0.337 e. The summed E-state index contributed by atoms with van der Waals surface area (Å²) in [6.45, 7) is 0. The summed E-state index contributed by atoms with van der Waals surface area (Å²) >= 11 is 0. The van der Waals surface area contributed by atoms with Crippen molar-refractivity contribution in [2.75, 3.05) is 12.4 Å². The number of aromatic carboxylic acids is 1. The predicted octanol–water partition coefficient (Wildman–Crippen LogP) is 2.85. The largest absolute Gasteiger partial charge is 0.497 e. The van der Waals surface area contributed by atoms with E-state index in [1.165, 1.54) is 19.3 Å². The van der Waals surface area contributed by atoms with Gasteiger partial charge in [0.25, 0.3) is 0 Å². The summed E-state index contributed by atoms with van der Waals surface area (Å²) in [4.78, 5) is 11.3. The van der Waals surface area contributed by atoms with E-state index in [4.69, 9.17) is 4.74 Å². The van der Waals surface area contributed by atoms with E-state index in [-0.39, 0.29) is 0 Å². The van der Waals surface area contributed by atoms with Crippen molar-refractivity contribution in [3.63, 3.8) is 0 Å². The summed E-state index contributed by atoms with van der Waals surface area (Å²) in [5, 5.41) is 12.8. The maximum atomic E-state index is 11.3. The molecule has 20 heavy (non-hydrogen) atoms. The fraction of sp³-hybridized carbons (Fsp3) is 0.562. The first-order valence-electron chi connectivity index (χ1n) is 7.37. The molecule has 0 amide bonds. The minimum absolute atomic E-state index is 0.336. The molecule has 0 spiro atoms. The van der Waals surface area contributed by atoms with Gasteiger partial charge in [-0.3, -0.25) is 0 Å². The summed E-state index contributed by atoms with van der Waals surface area (Å²) in [5.41, 5.74) is 1.04. The van der Waals surface area contributed by atoms with Gasteiger partial charge in [-0.2, -0.15) is 0 Å². The lowest BCUT2D eigenvalue weighted by molar-refractivity contribution is 0.0698. The van der Waals surface area contributed by atoms with Gasteiger partial charge in [0.15, 0.2) is 0 Å². The van der Waals surface area contributed by atoms with Crippen LogP contribution >= 0.6 is 0 Å². The molecular weight excluding hydrogens is 254 g/mol. The first-order valence-corrected chi connectivity index (χ1v) is 7.37. The third-order valence-corrected chi connectivity index (χ3v) is 5.51. The highest BCUT2D eigenvalue weighted by atomic mass is 16.5. The fourth-order valence-corrected chi connectivity index (χ4v) is 4.65. The molecule has 2 bridgehead atoms. The predicted molar refractivity (Wildman–Crippen MR) is 75.2 cm³/mol. The van der Waals surface area contributed by atoms with Crippen molar-refractivity contribution in [1.82, 2.24) is 0 Å². The van der Waals surface area contributed by atoms with Crippen molar-refractivity contribution >= 4 is 11.7 Å². The van der Waals surface area contributed by atoms with Gasteiger partial charge < -0.3 is 15.2 Å². The van der Waals surface area contributed by atoms with Crippen LogP contribution in [0.3, 0.4) is 0 Å². The van der Waals surface area contributed by atoms with E-state index in [0.717, 1.165) is 23.7 Å². The lowest BCUT2D eigenvalue weighted by Gasteiger charge is -2.14. The number of benzene rings is 1. The normalized spacial score (nSPS) is 36.5. The number of carbonyl (C=O) groups is 1. The minimum atomic E-state index is -0.885. The van der Waals surface area contributed by atoms with Crippen LogP contribution in [0, 0.1) is 23.7 Å². The second-order valence-corrected chi connectivity index (χ2v) is 6.37. The van der Waals surface area contributed by atoms with Crippen LogP contribution in [0.2, 0.25) is 0 Å². The molecule has 106 valence electrons. The number of fused-ring (bicyclic) bond motifs is 5. The Labute approximate surface area is 118 Å². The molecule has 2 N–H and O–H groups in total. The molecule has 4 unspecified atom stereocenters. The van der Waals surface area contributed by atoms with Crippen molar-refractivity contribution in [3.8, 4) is 5.75 Å². The van der Waals surface area contributed by atoms with Crippen LogP contribution in [0.25, 0.3) is 0 Å². The van der Waals surface area contributed by atoms with Gasteiger partial charge in [-0.1, -0.05) is 0 Å². The zero-order chi connectivity index (χ0) is 13.9. The molecule has 3 fully saturated rings. The molecule has 3 saturated carbocycles. The Morgan fingerprint density at radius 3 is 2.60 bits per heavy atom. The Bertz CT molecular complexity index is 555. The molecule has 3 aliphatic carbocycles. The number of hydrogen-bond acceptors (Lipinski definition) is 3. The van der Waals surface area contributed by atoms with Gasteiger partial charge in [0.1, 0.15) is 5.75 Å². The van der Waals surface area contributed by atoms with Crippen molar-refractivity contribution in [2.45, 2.75) is 25.3 Å². The monoisotopic (exact) mass is 273 g/mol. The zero-order valence-corrected chi connectivity index (χ0v) is 11.5. The van der Waals surface area contributed by atoms with Crippen molar-refractivity contribution < 1.29 is 14.6 Å². The van der Waals surface area contributed by atoms with Gasteiger partial charge in [0, 0.05) is 12.1 Å². The highest BCUT2D eigenvalue weighted by molar-refractivity contribution is 5.94. The number of ether oxygens (including phenoxy) is 1. The van der Waals surface area contributed by atoms with E-state index in [1.807, 2.05) is 0 Å². The smallest absolute Gasteiger partial charge is 0.337 e. The summed E-state index contributed by atoms with van der Waals surface area (Å²) in [5.74, 6) is 3.13. The molecule has 0 saturated heterocycles. The molecule has 0 heterocycles. The number of anilines is 1. The molecule has 0 aromatic heterocycles. The van der Waals surface area contributed by atoms with Gasteiger partial charge >= 0.3 is 5.97 Å². The molecule has 3 aliphatic rings. The van der Waals surface area contributed by atoms with Gasteiger partial charge in [-0.25, -0.2) is 4.79 Å². The van der Waals surface area contributed by atoms with Gasteiger partial charge in [0.05, 0.1) is 18.4 Å². The van der Waals surface area contributed by atoms with Crippen molar-refractivity contribution in [3.05, 3.63) is 23.8 Å². The van der Waals surface area contributed by atoms with Crippen molar-refractivity contribution in [2.24, 2.45) is 23.7 Å². The Balaban J connectivity index is 1.58. The SMILES string of the molecule is COc1ccc(C(=O)O)c(NC2C3C4CCC(C4)C23)c1. The molecule has 4 nitrogen and oxygen atoms in total. The van der Waals surface area contributed by atoms with Crippen LogP contribution in [-0.2, 0) is 0 Å². The summed E-state index contributed by atoms with van der Waals surface area (Å²) in [6, 6.07) is 5.60. The highest BCUT2D eigenvalue weighted by Gasteiger charge is 2.65. The van der Waals surface area contributed by atoms with Crippen molar-refractivity contribution in [1.29, 1.82) is 0 Å². The summed E-state index contributed by atoms with van der Waals surface area (Å²) in [7, 11) is 1.60. The topological polar surface area (TPSA) is 58.6 Å². The number of hydrogen-bond donors (Lipinski definition) is 2. The zero-order valence-electron chi connectivity index (χ0n) is 11.5. The van der Waals surface area contributed by atoms with E-state index in [2.05, 4.69) is 5.32 Å². The standard InChI is InChI=1S/C16H19NO3/c1-20-10-4-5-11(16(18)19)12(7-10)17-15-13-8-2-3-9(6-8)14(13)15/h4-5,7-9,13-15,17H,2-3,6H2,1H3,(H,18,19). The number of carboxylic acids is 1. The van der Waals surface area contributed by atoms with Crippen LogP contribution in [-0.4, -0.2) is 24.2 Å². The van der Waals surface area contributed by atoms with E-state index < -0.39 is 5.97 Å². The van der Waals surface area contributed by atoms with E-state index in [0.29, 0.717) is 23.0 Å². The third kappa shape index (κ3) is 1.63. The number of carboxylic acid groups (broad SMARTS) is 1. The Morgan fingerprint density at radius 1 is 1.30 bits per heavy atom. The van der Waals surface area contributed by atoms with Crippen LogP contribution < -0.4 is 10.1 Å². The van der Waals surface area contributed by atoms with Gasteiger partial charge in [-0.15, -0.1) is 0 Å². The van der Waals surface area contributed by atoms with E-state index >= 15 is 0 Å². The van der Waals surface area contributed by atoms with Crippen LogP contribution in [0.1, 0.15) is 29.6 Å². The number of nitrogens with one attached hydrogen (secondary N) is 1. The average Bonchev–Trinajstić information content (AvgIpc) is 2.84. The Hall–Kier alpha value is -1.71. The second kappa shape index (κ2) is 4.14. The van der Waals surface area contributed by atoms with E-state index in [9.17, 15) is 9.90 Å². The molecule has 0 aliphatic heterocycles. The third-order valence-electron chi connectivity index (χ3n) is 5.51. The second-order valence-electron chi connectivity index (χ2n) is 6.37.